The summed E-state index contributed by atoms with van der Waals surface area (Å²) in [4.78, 5) is 12.2. The van der Waals surface area contributed by atoms with Gasteiger partial charge in [-0.05, 0) is 30.3 Å². The number of aromatic nitrogens is 1. The van der Waals surface area contributed by atoms with Crippen LogP contribution in [0.2, 0.25) is 0 Å². The first-order valence-corrected chi connectivity index (χ1v) is 6.73. The van der Waals surface area contributed by atoms with Gasteiger partial charge in [0.05, 0.1) is 11.9 Å². The number of amides is 1. The molecule has 0 saturated carbocycles. The second-order valence-electron chi connectivity index (χ2n) is 4.87. The van der Waals surface area contributed by atoms with Crippen LogP contribution in [-0.4, -0.2) is 11.1 Å². The van der Waals surface area contributed by atoms with Gasteiger partial charge in [-0.1, -0.05) is 5.16 Å². The maximum absolute atomic E-state index is 13.6. The highest BCUT2D eigenvalue weighted by Gasteiger charge is 2.21. The molecule has 0 saturated heterocycles. The third-order valence-electron chi connectivity index (χ3n) is 3.28. The number of nitrogens with one attached hydrogen (secondary N) is 1. The predicted molar refractivity (Wildman–Crippen MR) is 76.1 cm³/mol. The number of nitrogens with zero attached hydrogens (tertiary/aromatic N) is 1. The standard InChI is InChI=1S/C16H7F5N2O2/c17-9-2-1-7(5-11(9)19)15-8(6-22-25-15)16(24)23-12-4-3-10(18)13(20)14(12)21/h1-6H,(H,23,24). The summed E-state index contributed by atoms with van der Waals surface area (Å²) in [6, 6.07) is 4.22. The van der Waals surface area contributed by atoms with Gasteiger partial charge in [-0.25, -0.2) is 22.0 Å². The Hall–Kier alpha value is -3.23. The molecule has 3 rings (SSSR count). The molecule has 2 aromatic carbocycles. The molecule has 1 amide bonds. The van der Waals surface area contributed by atoms with E-state index in [-0.39, 0.29) is 16.9 Å². The SMILES string of the molecule is O=C(Nc1ccc(F)c(F)c1F)c1cnoc1-c1ccc(F)c(F)c1. The molecule has 0 atom stereocenters. The first-order chi connectivity index (χ1) is 11.9. The van der Waals surface area contributed by atoms with E-state index in [0.29, 0.717) is 6.07 Å². The molecule has 0 aliphatic heterocycles. The summed E-state index contributed by atoms with van der Waals surface area (Å²) in [5, 5.41) is 5.42. The Morgan fingerprint density at radius 3 is 2.36 bits per heavy atom. The molecule has 0 aliphatic rings. The van der Waals surface area contributed by atoms with Crippen molar-refractivity contribution in [2.24, 2.45) is 0 Å². The van der Waals surface area contributed by atoms with Crippen molar-refractivity contribution in [2.75, 3.05) is 5.32 Å². The van der Waals surface area contributed by atoms with Gasteiger partial charge in [0.15, 0.2) is 34.8 Å². The van der Waals surface area contributed by atoms with Crippen molar-refractivity contribution >= 4 is 11.6 Å². The second-order valence-corrected chi connectivity index (χ2v) is 4.87. The van der Waals surface area contributed by atoms with E-state index in [1.807, 2.05) is 5.32 Å². The van der Waals surface area contributed by atoms with Crippen LogP contribution in [0.4, 0.5) is 27.6 Å². The fraction of sp³-hybridized carbons (Fsp3) is 0. The van der Waals surface area contributed by atoms with E-state index in [1.165, 1.54) is 0 Å². The molecule has 0 aliphatic carbocycles. The third kappa shape index (κ3) is 3.08. The van der Waals surface area contributed by atoms with Gasteiger partial charge < -0.3 is 9.84 Å². The van der Waals surface area contributed by atoms with Crippen LogP contribution in [0.5, 0.6) is 0 Å². The lowest BCUT2D eigenvalue weighted by Gasteiger charge is -2.07. The predicted octanol–water partition coefficient (Wildman–Crippen LogP) is 4.29. The minimum Gasteiger partial charge on any atom is -0.355 e. The molecule has 25 heavy (non-hydrogen) atoms. The van der Waals surface area contributed by atoms with Crippen LogP contribution in [0.25, 0.3) is 11.3 Å². The molecule has 0 fully saturated rings. The highest BCUT2D eigenvalue weighted by Crippen LogP contribution is 2.27. The fourth-order valence-corrected chi connectivity index (χ4v) is 2.06. The van der Waals surface area contributed by atoms with E-state index in [9.17, 15) is 26.7 Å². The van der Waals surface area contributed by atoms with Crippen LogP contribution in [0.1, 0.15) is 10.4 Å². The average Bonchev–Trinajstić information content (AvgIpc) is 3.07. The monoisotopic (exact) mass is 354 g/mol. The van der Waals surface area contributed by atoms with Crippen molar-refractivity contribution in [2.45, 2.75) is 0 Å². The molecule has 0 bridgehead atoms. The van der Waals surface area contributed by atoms with E-state index in [4.69, 9.17) is 4.52 Å². The minimum atomic E-state index is -1.75. The zero-order chi connectivity index (χ0) is 18.1. The van der Waals surface area contributed by atoms with Crippen LogP contribution in [0.15, 0.2) is 41.1 Å². The summed E-state index contributed by atoms with van der Waals surface area (Å²) >= 11 is 0. The molecular formula is C16H7F5N2O2. The Labute approximate surface area is 136 Å². The summed E-state index contributed by atoms with van der Waals surface area (Å²) < 4.78 is 70.9. The van der Waals surface area contributed by atoms with Crippen molar-refractivity contribution < 1.29 is 31.3 Å². The van der Waals surface area contributed by atoms with Gasteiger partial charge in [-0.15, -0.1) is 0 Å². The van der Waals surface area contributed by atoms with Gasteiger partial charge >= 0.3 is 0 Å². The maximum atomic E-state index is 13.6. The molecule has 0 spiro atoms. The van der Waals surface area contributed by atoms with Crippen molar-refractivity contribution in [1.82, 2.24) is 5.16 Å². The number of benzene rings is 2. The second kappa shape index (κ2) is 6.34. The number of rotatable bonds is 3. The molecule has 0 radical (unpaired) electrons. The first kappa shape index (κ1) is 16.6. The lowest BCUT2D eigenvalue weighted by Crippen LogP contribution is -2.14. The largest absolute Gasteiger partial charge is 0.355 e. The Morgan fingerprint density at radius 1 is 0.920 bits per heavy atom. The van der Waals surface area contributed by atoms with Crippen LogP contribution in [0.3, 0.4) is 0 Å². The lowest BCUT2D eigenvalue weighted by atomic mass is 10.1. The number of halogens is 5. The van der Waals surface area contributed by atoms with Gasteiger partial charge in [-0.3, -0.25) is 4.79 Å². The normalized spacial score (nSPS) is 10.8. The number of carbonyl (C=O) groups is 1. The van der Waals surface area contributed by atoms with Crippen molar-refractivity contribution in [3.8, 4) is 11.3 Å². The molecule has 3 aromatic rings. The molecular weight excluding hydrogens is 347 g/mol. The van der Waals surface area contributed by atoms with Crippen LogP contribution >= 0.6 is 0 Å². The smallest absolute Gasteiger partial charge is 0.261 e. The van der Waals surface area contributed by atoms with Gasteiger partial charge in [0.25, 0.3) is 5.91 Å². The average molecular weight is 354 g/mol. The molecule has 9 heteroatoms. The van der Waals surface area contributed by atoms with Crippen LogP contribution in [-0.2, 0) is 0 Å². The Bertz CT molecular complexity index is 971. The third-order valence-corrected chi connectivity index (χ3v) is 3.28. The number of hydrogen-bond acceptors (Lipinski definition) is 3. The number of hydrogen-bond donors (Lipinski definition) is 1. The molecule has 1 heterocycles. The summed E-state index contributed by atoms with van der Waals surface area (Å²) in [6.07, 6.45) is 0.962. The van der Waals surface area contributed by atoms with E-state index in [1.54, 1.807) is 0 Å². The topological polar surface area (TPSA) is 55.1 Å². The highest BCUT2D eigenvalue weighted by atomic mass is 19.2. The summed E-state index contributed by atoms with van der Waals surface area (Å²) in [5.74, 6) is -8.19. The number of carbonyl (C=O) groups excluding carboxylic acids is 1. The van der Waals surface area contributed by atoms with Crippen molar-refractivity contribution in [3.63, 3.8) is 0 Å². The summed E-state index contributed by atoms with van der Waals surface area (Å²) in [6.45, 7) is 0. The summed E-state index contributed by atoms with van der Waals surface area (Å²) in [7, 11) is 0. The Morgan fingerprint density at radius 2 is 1.64 bits per heavy atom. The molecule has 0 unspecified atom stereocenters. The maximum Gasteiger partial charge on any atom is 0.261 e. The first-order valence-electron chi connectivity index (χ1n) is 6.73. The lowest BCUT2D eigenvalue weighted by molar-refractivity contribution is 0.102. The van der Waals surface area contributed by atoms with Gasteiger partial charge in [0, 0.05) is 5.56 Å². The van der Waals surface area contributed by atoms with E-state index < -0.39 is 40.7 Å². The zero-order valence-corrected chi connectivity index (χ0v) is 12.1. The minimum absolute atomic E-state index is 0.00677. The molecule has 1 N–H and O–H groups in total. The van der Waals surface area contributed by atoms with Gasteiger partial charge in [0.2, 0.25) is 0 Å². The number of anilines is 1. The van der Waals surface area contributed by atoms with Gasteiger partial charge in [-0.2, -0.15) is 0 Å². The zero-order valence-electron chi connectivity index (χ0n) is 12.1. The van der Waals surface area contributed by atoms with Crippen molar-refractivity contribution in [1.29, 1.82) is 0 Å². The van der Waals surface area contributed by atoms with Gasteiger partial charge in [0.1, 0.15) is 5.56 Å². The summed E-state index contributed by atoms with van der Waals surface area (Å²) in [5.41, 5.74) is -0.844. The fourth-order valence-electron chi connectivity index (χ4n) is 2.06. The molecule has 1 aromatic heterocycles. The van der Waals surface area contributed by atoms with Crippen LogP contribution in [0, 0.1) is 29.1 Å². The molecule has 128 valence electrons. The van der Waals surface area contributed by atoms with Crippen molar-refractivity contribution in [3.05, 3.63) is 71.2 Å². The quantitative estimate of drug-likeness (QED) is 0.564. The Kier molecular flexibility index (Phi) is 4.22. The van der Waals surface area contributed by atoms with Crippen LogP contribution < -0.4 is 5.32 Å². The molecule has 4 nitrogen and oxygen atoms in total. The van der Waals surface area contributed by atoms with E-state index in [2.05, 4.69) is 5.16 Å². The van der Waals surface area contributed by atoms with E-state index >= 15 is 0 Å². The van der Waals surface area contributed by atoms with E-state index in [0.717, 1.165) is 30.5 Å². The Balaban J connectivity index is 1.93. The highest BCUT2D eigenvalue weighted by molar-refractivity contribution is 6.07.